The number of hydrogen-bond acceptors (Lipinski definition) is 5. The van der Waals surface area contributed by atoms with E-state index in [9.17, 15) is 14.7 Å². The summed E-state index contributed by atoms with van der Waals surface area (Å²) in [5.41, 5.74) is 0.864. The van der Waals surface area contributed by atoms with E-state index in [1.165, 1.54) is 0 Å². The molecule has 0 saturated carbocycles. The van der Waals surface area contributed by atoms with Crippen LogP contribution in [0.2, 0.25) is 0 Å². The van der Waals surface area contributed by atoms with E-state index in [1.807, 2.05) is 24.3 Å². The second kappa shape index (κ2) is 15.5. The molecule has 1 aromatic carbocycles. The monoisotopic (exact) mass is 437 g/mol. The van der Waals surface area contributed by atoms with E-state index < -0.39 is 12.1 Å². The maximum atomic E-state index is 12.4. The molecule has 0 aliphatic carbocycles. The molecule has 31 heavy (non-hydrogen) atoms. The molecule has 7 nitrogen and oxygen atoms in total. The first-order valence-corrected chi connectivity index (χ1v) is 11.3. The number of rotatable bonds is 16. The zero-order chi connectivity index (χ0) is 23.1. The van der Waals surface area contributed by atoms with Crippen molar-refractivity contribution in [2.24, 2.45) is 5.92 Å². The highest BCUT2D eigenvalue weighted by Gasteiger charge is 2.18. The third-order valence-corrected chi connectivity index (χ3v) is 4.81. The van der Waals surface area contributed by atoms with Gasteiger partial charge in [-0.2, -0.15) is 0 Å². The predicted octanol–water partition coefficient (Wildman–Crippen LogP) is 4.77. The molecule has 1 aromatic rings. The number of unbranched alkanes of at least 4 members (excludes halogenated alkanes) is 1. The maximum Gasteiger partial charge on any atom is 0.409 e. The van der Waals surface area contributed by atoms with Gasteiger partial charge < -0.3 is 24.2 Å². The van der Waals surface area contributed by atoms with Crippen LogP contribution in [-0.2, 0) is 20.7 Å². The third kappa shape index (κ3) is 11.6. The molecule has 1 unspecified atom stereocenters. The van der Waals surface area contributed by atoms with E-state index >= 15 is 0 Å². The molecule has 0 bridgehead atoms. The van der Waals surface area contributed by atoms with E-state index in [1.54, 1.807) is 11.8 Å². The Morgan fingerprint density at radius 2 is 1.74 bits per heavy atom. The molecule has 1 rings (SSSR count). The number of aliphatic carboxylic acids is 1. The summed E-state index contributed by atoms with van der Waals surface area (Å²) in [5, 5.41) is 9.20. The van der Waals surface area contributed by atoms with E-state index in [2.05, 4.69) is 20.8 Å². The molecular weight excluding hydrogens is 398 g/mol. The van der Waals surface area contributed by atoms with Crippen LogP contribution in [0.5, 0.6) is 5.75 Å². The molecule has 0 aromatic heterocycles. The lowest BCUT2D eigenvalue weighted by atomic mass is 10.1. The van der Waals surface area contributed by atoms with Crippen molar-refractivity contribution in [3.8, 4) is 5.75 Å². The lowest BCUT2D eigenvalue weighted by molar-refractivity contribution is -0.149. The minimum Gasteiger partial charge on any atom is -0.492 e. The lowest BCUT2D eigenvalue weighted by Gasteiger charge is -2.22. The Kier molecular flexibility index (Phi) is 13.4. The molecule has 7 heteroatoms. The normalized spacial score (nSPS) is 11.9. The van der Waals surface area contributed by atoms with Gasteiger partial charge in [0, 0.05) is 19.6 Å². The number of nitrogens with zero attached hydrogens (tertiary/aromatic N) is 1. The van der Waals surface area contributed by atoms with Crippen LogP contribution >= 0.6 is 0 Å². The highest BCUT2D eigenvalue weighted by Crippen LogP contribution is 2.15. The number of hydrogen-bond donors (Lipinski definition) is 1. The van der Waals surface area contributed by atoms with Gasteiger partial charge in [-0.25, -0.2) is 9.59 Å². The first kappa shape index (κ1) is 26.8. The van der Waals surface area contributed by atoms with Crippen LogP contribution in [0.3, 0.4) is 0 Å². The van der Waals surface area contributed by atoms with Gasteiger partial charge in [-0.1, -0.05) is 39.3 Å². The fourth-order valence-electron chi connectivity index (χ4n) is 3.01. The average molecular weight is 438 g/mol. The number of carbonyl (C=O) groups excluding carboxylic acids is 1. The molecule has 0 aliphatic heterocycles. The predicted molar refractivity (Wildman–Crippen MR) is 121 cm³/mol. The van der Waals surface area contributed by atoms with Gasteiger partial charge in [0.15, 0.2) is 6.10 Å². The average Bonchev–Trinajstić information content (AvgIpc) is 2.73. The number of ether oxygens (including phenoxy) is 3. The van der Waals surface area contributed by atoms with E-state index in [0.717, 1.165) is 31.2 Å². The van der Waals surface area contributed by atoms with Crippen molar-refractivity contribution in [3.63, 3.8) is 0 Å². The van der Waals surface area contributed by atoms with E-state index in [4.69, 9.17) is 14.2 Å². The Bertz CT molecular complexity index is 631. The van der Waals surface area contributed by atoms with Crippen LogP contribution in [-0.4, -0.2) is 61.1 Å². The standard InChI is InChI=1S/C24H39NO6/c1-5-7-16-31-24(28)25(14-8-9-19(3)4)15-17-30-21-12-10-20(11-13-21)18-22(23(26)27)29-6-2/h10-13,19,22H,5-9,14-18H2,1-4H3,(H,26,27). The Labute approximate surface area is 186 Å². The maximum absolute atomic E-state index is 12.4. The van der Waals surface area contributed by atoms with Gasteiger partial charge in [0.1, 0.15) is 12.4 Å². The summed E-state index contributed by atoms with van der Waals surface area (Å²) in [4.78, 5) is 25.3. The summed E-state index contributed by atoms with van der Waals surface area (Å²) in [6.07, 6.45) is 3.00. The fraction of sp³-hybridized carbons (Fsp3) is 0.667. The van der Waals surface area contributed by atoms with Crippen molar-refractivity contribution in [2.75, 3.05) is 32.9 Å². The van der Waals surface area contributed by atoms with Gasteiger partial charge in [0.05, 0.1) is 13.2 Å². The van der Waals surface area contributed by atoms with E-state index in [0.29, 0.717) is 51.0 Å². The largest absolute Gasteiger partial charge is 0.492 e. The summed E-state index contributed by atoms with van der Waals surface area (Å²) >= 11 is 0. The van der Waals surface area contributed by atoms with E-state index in [-0.39, 0.29) is 6.09 Å². The summed E-state index contributed by atoms with van der Waals surface area (Å²) < 4.78 is 16.4. The lowest BCUT2D eigenvalue weighted by Crippen LogP contribution is -2.36. The second-order valence-corrected chi connectivity index (χ2v) is 7.97. The highest BCUT2D eigenvalue weighted by molar-refractivity contribution is 5.72. The number of benzene rings is 1. The number of carbonyl (C=O) groups is 2. The van der Waals surface area contributed by atoms with Crippen molar-refractivity contribution in [1.29, 1.82) is 0 Å². The van der Waals surface area contributed by atoms with Gasteiger partial charge in [-0.3, -0.25) is 0 Å². The molecule has 0 aliphatic rings. The number of amides is 1. The van der Waals surface area contributed by atoms with Gasteiger partial charge in [0.25, 0.3) is 0 Å². The van der Waals surface area contributed by atoms with Crippen LogP contribution in [0.4, 0.5) is 4.79 Å². The van der Waals surface area contributed by atoms with Crippen molar-refractivity contribution < 1.29 is 28.9 Å². The first-order chi connectivity index (χ1) is 14.9. The number of carboxylic acid groups (broad SMARTS) is 1. The van der Waals surface area contributed by atoms with Gasteiger partial charge >= 0.3 is 12.1 Å². The summed E-state index contributed by atoms with van der Waals surface area (Å²) in [6.45, 7) is 10.4. The zero-order valence-electron chi connectivity index (χ0n) is 19.5. The van der Waals surface area contributed by atoms with Crippen LogP contribution < -0.4 is 4.74 Å². The smallest absolute Gasteiger partial charge is 0.409 e. The zero-order valence-corrected chi connectivity index (χ0v) is 19.5. The number of carboxylic acids is 1. The molecule has 1 atom stereocenters. The minimum atomic E-state index is -0.967. The molecule has 0 saturated heterocycles. The Hall–Kier alpha value is -2.28. The highest BCUT2D eigenvalue weighted by atomic mass is 16.6. The van der Waals surface area contributed by atoms with Crippen molar-refractivity contribution in [3.05, 3.63) is 29.8 Å². The van der Waals surface area contributed by atoms with Crippen molar-refractivity contribution >= 4 is 12.1 Å². The van der Waals surface area contributed by atoms with Crippen molar-refractivity contribution in [1.82, 2.24) is 4.90 Å². The first-order valence-electron chi connectivity index (χ1n) is 11.3. The minimum absolute atomic E-state index is 0.285. The Balaban J connectivity index is 2.54. The molecule has 0 spiro atoms. The van der Waals surface area contributed by atoms with Crippen LogP contribution in [0.15, 0.2) is 24.3 Å². The Morgan fingerprint density at radius 1 is 1.03 bits per heavy atom. The van der Waals surface area contributed by atoms with Crippen LogP contribution in [0.25, 0.3) is 0 Å². The Morgan fingerprint density at radius 3 is 2.32 bits per heavy atom. The topological polar surface area (TPSA) is 85.3 Å². The fourth-order valence-corrected chi connectivity index (χ4v) is 3.01. The molecule has 176 valence electrons. The molecule has 0 radical (unpaired) electrons. The van der Waals surface area contributed by atoms with Gasteiger partial charge in [-0.05, 0) is 49.8 Å². The van der Waals surface area contributed by atoms with Gasteiger partial charge in [-0.15, -0.1) is 0 Å². The summed E-state index contributed by atoms with van der Waals surface area (Å²) in [5.74, 6) is 0.301. The molecule has 1 N–H and O–H groups in total. The molecule has 1 amide bonds. The SMILES string of the molecule is CCCCOC(=O)N(CCCC(C)C)CCOc1ccc(CC(OCC)C(=O)O)cc1. The van der Waals surface area contributed by atoms with Gasteiger partial charge in [0.2, 0.25) is 0 Å². The summed E-state index contributed by atoms with van der Waals surface area (Å²) in [6, 6.07) is 7.29. The molecule has 0 heterocycles. The molecular formula is C24H39NO6. The molecule has 0 fully saturated rings. The van der Waals surface area contributed by atoms with Crippen LogP contribution in [0.1, 0.15) is 58.9 Å². The summed E-state index contributed by atoms with van der Waals surface area (Å²) in [7, 11) is 0. The van der Waals surface area contributed by atoms with Crippen molar-refractivity contribution in [2.45, 2.75) is 65.9 Å². The quantitative estimate of drug-likeness (QED) is 0.375. The third-order valence-electron chi connectivity index (χ3n) is 4.81. The van der Waals surface area contributed by atoms with Crippen LogP contribution in [0, 0.1) is 5.92 Å². The second-order valence-electron chi connectivity index (χ2n) is 7.97.